The highest BCUT2D eigenvalue weighted by Gasteiger charge is 2.11. The molecule has 1 rings (SSSR count). The first-order chi connectivity index (χ1) is 7.63. The first-order valence-electron chi connectivity index (χ1n) is 4.92. The van der Waals surface area contributed by atoms with E-state index in [1.165, 1.54) is 7.11 Å². The van der Waals surface area contributed by atoms with Crippen LogP contribution in [-0.4, -0.2) is 13.1 Å². The van der Waals surface area contributed by atoms with Gasteiger partial charge in [-0.05, 0) is 23.6 Å². The lowest BCUT2D eigenvalue weighted by molar-refractivity contribution is -0.139. The van der Waals surface area contributed by atoms with E-state index in [1.54, 1.807) is 6.07 Å². The molecule has 16 heavy (non-hydrogen) atoms. The summed E-state index contributed by atoms with van der Waals surface area (Å²) in [6, 6.07) is 5.71. The van der Waals surface area contributed by atoms with Crippen LogP contribution in [0.1, 0.15) is 22.3 Å². The van der Waals surface area contributed by atoms with Crippen LogP contribution >= 0.6 is 0 Å². The molecule has 0 spiro atoms. The maximum Gasteiger partial charge on any atom is 0.309 e. The van der Waals surface area contributed by atoms with Crippen LogP contribution in [0.4, 0.5) is 0 Å². The molecule has 0 aliphatic carbocycles. The second-order valence-corrected chi connectivity index (χ2v) is 3.45. The van der Waals surface area contributed by atoms with Crippen molar-refractivity contribution in [3.05, 3.63) is 34.4 Å². The molecule has 0 unspecified atom stereocenters. The molecule has 2 N–H and O–H groups in total. The molecule has 0 aromatic heterocycles. The highest BCUT2D eigenvalue weighted by molar-refractivity contribution is 5.73. The van der Waals surface area contributed by atoms with Crippen LogP contribution in [-0.2, 0) is 22.5 Å². The lowest BCUT2D eigenvalue weighted by atomic mass is 9.96. The fourth-order valence-corrected chi connectivity index (χ4v) is 1.56. The number of carbonyl (C=O) groups excluding carboxylic acids is 1. The van der Waals surface area contributed by atoms with Gasteiger partial charge >= 0.3 is 5.97 Å². The van der Waals surface area contributed by atoms with Gasteiger partial charge in [0.15, 0.2) is 0 Å². The van der Waals surface area contributed by atoms with Crippen molar-refractivity contribution in [2.75, 3.05) is 7.11 Å². The number of nitrogens with zero attached hydrogens (tertiary/aromatic N) is 1. The van der Waals surface area contributed by atoms with Crippen molar-refractivity contribution in [3.63, 3.8) is 0 Å². The van der Waals surface area contributed by atoms with E-state index < -0.39 is 0 Å². The summed E-state index contributed by atoms with van der Waals surface area (Å²) in [5.41, 5.74) is 8.50. The molecule has 0 saturated heterocycles. The minimum atomic E-state index is -0.313. The average molecular weight is 218 g/mol. The Hall–Kier alpha value is -1.86. The summed E-state index contributed by atoms with van der Waals surface area (Å²) in [5, 5.41) is 9.02. The van der Waals surface area contributed by atoms with Gasteiger partial charge in [-0.15, -0.1) is 0 Å². The second-order valence-electron chi connectivity index (χ2n) is 3.45. The van der Waals surface area contributed by atoms with Crippen molar-refractivity contribution in [2.45, 2.75) is 19.9 Å². The van der Waals surface area contributed by atoms with Crippen molar-refractivity contribution in [3.8, 4) is 6.07 Å². The number of hydrogen-bond acceptors (Lipinski definition) is 4. The third kappa shape index (κ3) is 2.38. The van der Waals surface area contributed by atoms with Crippen LogP contribution < -0.4 is 5.73 Å². The summed E-state index contributed by atoms with van der Waals surface area (Å²) >= 11 is 0. The number of hydrogen-bond donors (Lipinski definition) is 1. The van der Waals surface area contributed by atoms with Crippen molar-refractivity contribution < 1.29 is 9.53 Å². The van der Waals surface area contributed by atoms with Gasteiger partial charge in [0, 0.05) is 6.54 Å². The summed E-state index contributed by atoms with van der Waals surface area (Å²) in [4.78, 5) is 11.2. The molecule has 1 aromatic rings. The lowest BCUT2D eigenvalue weighted by Crippen LogP contribution is -2.08. The van der Waals surface area contributed by atoms with Gasteiger partial charge in [-0.2, -0.15) is 5.26 Å². The van der Waals surface area contributed by atoms with Gasteiger partial charge < -0.3 is 10.5 Å². The zero-order chi connectivity index (χ0) is 12.1. The van der Waals surface area contributed by atoms with E-state index >= 15 is 0 Å². The minimum absolute atomic E-state index is 0.182. The topological polar surface area (TPSA) is 76.1 Å². The molecule has 0 aliphatic rings. The van der Waals surface area contributed by atoms with Crippen molar-refractivity contribution in [2.24, 2.45) is 5.73 Å². The standard InChI is InChI=1S/C12H14N2O2/c1-8-9(5-12(15)16-2)3-4-10(6-13)11(8)7-14/h3-4H,5-6,13H2,1-2H3. The molecule has 0 radical (unpaired) electrons. The number of esters is 1. The Balaban J connectivity index is 3.15. The number of nitriles is 1. The predicted molar refractivity (Wildman–Crippen MR) is 59.5 cm³/mol. The third-order valence-corrected chi connectivity index (χ3v) is 2.56. The first-order valence-corrected chi connectivity index (χ1v) is 4.92. The van der Waals surface area contributed by atoms with Gasteiger partial charge in [0.25, 0.3) is 0 Å². The predicted octanol–water partition coefficient (Wildman–Crippen LogP) is 1.04. The van der Waals surface area contributed by atoms with Crippen LogP contribution in [0, 0.1) is 18.3 Å². The molecule has 1 aromatic carbocycles. The second kappa shape index (κ2) is 5.29. The fourth-order valence-electron chi connectivity index (χ4n) is 1.56. The largest absolute Gasteiger partial charge is 0.469 e. The van der Waals surface area contributed by atoms with Crippen LogP contribution in [0.3, 0.4) is 0 Å². The van der Waals surface area contributed by atoms with E-state index in [9.17, 15) is 4.79 Å². The van der Waals surface area contributed by atoms with Crippen LogP contribution in [0.2, 0.25) is 0 Å². The monoisotopic (exact) mass is 218 g/mol. The van der Waals surface area contributed by atoms with Gasteiger partial charge in [0.2, 0.25) is 0 Å². The Labute approximate surface area is 94.6 Å². The summed E-state index contributed by atoms with van der Waals surface area (Å²) < 4.78 is 4.59. The van der Waals surface area contributed by atoms with E-state index in [2.05, 4.69) is 10.8 Å². The number of methoxy groups -OCH3 is 1. The highest BCUT2D eigenvalue weighted by Crippen LogP contribution is 2.18. The van der Waals surface area contributed by atoms with E-state index in [1.807, 2.05) is 13.0 Å². The van der Waals surface area contributed by atoms with Crippen molar-refractivity contribution in [1.82, 2.24) is 0 Å². The Bertz CT molecular complexity index is 447. The molecular formula is C12H14N2O2. The van der Waals surface area contributed by atoms with E-state index in [0.717, 1.165) is 16.7 Å². The van der Waals surface area contributed by atoms with E-state index in [-0.39, 0.29) is 12.4 Å². The molecule has 84 valence electrons. The number of nitrogens with two attached hydrogens (primary N) is 1. The van der Waals surface area contributed by atoms with Crippen molar-refractivity contribution >= 4 is 5.97 Å². The highest BCUT2D eigenvalue weighted by atomic mass is 16.5. The summed E-state index contributed by atoms with van der Waals surface area (Å²) in [6.07, 6.45) is 0.182. The first kappa shape index (κ1) is 12.2. The molecule has 0 saturated carbocycles. The number of carbonyl (C=O) groups is 1. The van der Waals surface area contributed by atoms with E-state index in [4.69, 9.17) is 11.0 Å². The van der Waals surface area contributed by atoms with Gasteiger partial charge in [0.05, 0.1) is 25.2 Å². The zero-order valence-corrected chi connectivity index (χ0v) is 9.41. The van der Waals surface area contributed by atoms with Gasteiger partial charge in [0.1, 0.15) is 0 Å². The lowest BCUT2D eigenvalue weighted by Gasteiger charge is -2.09. The van der Waals surface area contributed by atoms with Crippen molar-refractivity contribution in [1.29, 1.82) is 5.26 Å². The fraction of sp³-hybridized carbons (Fsp3) is 0.333. The Kier molecular flexibility index (Phi) is 4.03. The van der Waals surface area contributed by atoms with Crippen LogP contribution in [0.5, 0.6) is 0 Å². The number of benzene rings is 1. The van der Waals surface area contributed by atoms with Gasteiger partial charge in [-0.25, -0.2) is 0 Å². The number of rotatable bonds is 3. The molecule has 4 heteroatoms. The molecule has 0 aliphatic heterocycles. The van der Waals surface area contributed by atoms with E-state index in [0.29, 0.717) is 12.1 Å². The average Bonchev–Trinajstić information content (AvgIpc) is 2.31. The SMILES string of the molecule is COC(=O)Cc1ccc(CN)c(C#N)c1C. The summed E-state index contributed by atoms with van der Waals surface area (Å²) in [7, 11) is 1.34. The zero-order valence-electron chi connectivity index (χ0n) is 9.41. The molecule has 4 nitrogen and oxygen atoms in total. The molecule has 0 atom stereocenters. The Morgan fingerprint density at radius 2 is 2.12 bits per heavy atom. The Morgan fingerprint density at radius 3 is 2.62 bits per heavy atom. The minimum Gasteiger partial charge on any atom is -0.469 e. The quantitative estimate of drug-likeness (QED) is 0.769. The normalized spacial score (nSPS) is 9.62. The smallest absolute Gasteiger partial charge is 0.309 e. The van der Waals surface area contributed by atoms with Crippen LogP contribution in [0.25, 0.3) is 0 Å². The molecule has 0 heterocycles. The summed E-state index contributed by atoms with van der Waals surface area (Å²) in [6.45, 7) is 2.14. The molecule has 0 bridgehead atoms. The molecular weight excluding hydrogens is 204 g/mol. The maximum absolute atomic E-state index is 11.2. The molecule has 0 amide bonds. The van der Waals surface area contributed by atoms with Gasteiger partial charge in [-0.3, -0.25) is 4.79 Å². The molecule has 0 fully saturated rings. The number of ether oxygens (including phenoxy) is 1. The Morgan fingerprint density at radius 1 is 1.50 bits per heavy atom. The summed E-state index contributed by atoms with van der Waals surface area (Å²) in [5.74, 6) is -0.313. The maximum atomic E-state index is 11.2. The third-order valence-electron chi connectivity index (χ3n) is 2.56. The van der Waals surface area contributed by atoms with Gasteiger partial charge in [-0.1, -0.05) is 12.1 Å². The van der Waals surface area contributed by atoms with Crippen LogP contribution in [0.15, 0.2) is 12.1 Å².